The van der Waals surface area contributed by atoms with Crippen LogP contribution in [0.15, 0.2) is 24.3 Å². The zero-order valence-electron chi connectivity index (χ0n) is 18.9. The maximum Gasteiger partial charge on any atom is 0.272 e. The molecule has 2 bridgehead atoms. The van der Waals surface area contributed by atoms with Crippen LogP contribution in [0.4, 0.5) is 0 Å². The molecule has 0 radical (unpaired) electrons. The van der Waals surface area contributed by atoms with Gasteiger partial charge in [0.25, 0.3) is 5.91 Å². The molecule has 1 aromatic heterocycles. The first kappa shape index (κ1) is 21.4. The molecule has 2 saturated carbocycles. The molecule has 0 spiro atoms. The van der Waals surface area contributed by atoms with Crippen LogP contribution in [0.3, 0.4) is 0 Å². The van der Waals surface area contributed by atoms with Crippen molar-refractivity contribution in [1.82, 2.24) is 15.1 Å². The van der Waals surface area contributed by atoms with Gasteiger partial charge in [0.05, 0.1) is 5.69 Å². The Kier molecular flexibility index (Phi) is 5.50. The van der Waals surface area contributed by atoms with Crippen molar-refractivity contribution in [2.24, 2.45) is 16.7 Å². The van der Waals surface area contributed by atoms with Crippen LogP contribution in [0.2, 0.25) is 5.02 Å². The number of hydrogen-bond acceptors (Lipinski definition) is 2. The van der Waals surface area contributed by atoms with E-state index in [1.165, 1.54) is 19.3 Å². The SMILES string of the molecule is CCCCc1c(C(=O)NC2C3(C)CCC(C3)C2(C)C)nn(-c2ccc(Cl)cc2)c1C. The van der Waals surface area contributed by atoms with Gasteiger partial charge in [-0.3, -0.25) is 4.79 Å². The Hall–Kier alpha value is -1.81. The largest absolute Gasteiger partial charge is 0.347 e. The summed E-state index contributed by atoms with van der Waals surface area (Å²) in [5.74, 6) is 0.671. The second-order valence-corrected chi connectivity index (χ2v) is 10.7. The van der Waals surface area contributed by atoms with E-state index in [9.17, 15) is 4.79 Å². The quantitative estimate of drug-likeness (QED) is 0.603. The van der Waals surface area contributed by atoms with Gasteiger partial charge in [-0.05, 0) is 80.0 Å². The number of nitrogens with one attached hydrogen (secondary N) is 1. The van der Waals surface area contributed by atoms with E-state index in [4.69, 9.17) is 16.7 Å². The zero-order valence-corrected chi connectivity index (χ0v) is 19.6. The molecule has 3 unspecified atom stereocenters. The summed E-state index contributed by atoms with van der Waals surface area (Å²) >= 11 is 6.07. The van der Waals surface area contributed by atoms with Crippen molar-refractivity contribution in [3.63, 3.8) is 0 Å². The average molecular weight is 428 g/mol. The van der Waals surface area contributed by atoms with Gasteiger partial charge in [0.15, 0.2) is 5.69 Å². The molecule has 30 heavy (non-hydrogen) atoms. The minimum atomic E-state index is -0.0243. The lowest BCUT2D eigenvalue weighted by atomic mass is 9.68. The normalized spacial score (nSPS) is 26.9. The predicted octanol–water partition coefficient (Wildman–Crippen LogP) is 6.12. The van der Waals surface area contributed by atoms with E-state index < -0.39 is 0 Å². The summed E-state index contributed by atoms with van der Waals surface area (Å²) in [6.45, 7) is 11.2. The van der Waals surface area contributed by atoms with Crippen LogP contribution in [0, 0.1) is 23.7 Å². The molecule has 5 heteroatoms. The number of fused-ring (bicyclic) bond motifs is 2. The third-order valence-corrected chi connectivity index (χ3v) is 8.10. The van der Waals surface area contributed by atoms with Crippen molar-refractivity contribution in [1.29, 1.82) is 0 Å². The number of aromatic nitrogens is 2. The molecule has 2 fully saturated rings. The van der Waals surface area contributed by atoms with Gasteiger partial charge >= 0.3 is 0 Å². The van der Waals surface area contributed by atoms with Crippen molar-refractivity contribution >= 4 is 17.5 Å². The lowest BCUT2D eigenvalue weighted by Gasteiger charge is -2.43. The van der Waals surface area contributed by atoms with Crippen molar-refractivity contribution in [3.05, 3.63) is 46.2 Å². The molecule has 2 aromatic rings. The molecule has 162 valence electrons. The molecule has 1 aromatic carbocycles. The van der Waals surface area contributed by atoms with E-state index in [1.807, 2.05) is 28.9 Å². The minimum Gasteiger partial charge on any atom is -0.347 e. The number of unbranched alkanes of at least 4 members (excludes halogenated alkanes) is 1. The lowest BCUT2D eigenvalue weighted by molar-refractivity contribution is 0.0732. The van der Waals surface area contributed by atoms with E-state index in [1.54, 1.807) is 0 Å². The summed E-state index contributed by atoms with van der Waals surface area (Å²) in [4.78, 5) is 13.5. The molecule has 0 aliphatic heterocycles. The number of benzene rings is 1. The van der Waals surface area contributed by atoms with Crippen LogP contribution < -0.4 is 5.32 Å². The molecular formula is C25H34ClN3O. The monoisotopic (exact) mass is 427 g/mol. The Labute approximate surface area is 185 Å². The maximum absolute atomic E-state index is 13.5. The first-order chi connectivity index (χ1) is 14.2. The lowest BCUT2D eigenvalue weighted by Crippen LogP contribution is -2.52. The summed E-state index contributed by atoms with van der Waals surface area (Å²) in [6.07, 6.45) is 6.69. The second-order valence-electron chi connectivity index (χ2n) is 10.2. The number of halogens is 1. The Morgan fingerprint density at radius 2 is 1.97 bits per heavy atom. The van der Waals surface area contributed by atoms with Gasteiger partial charge in [-0.1, -0.05) is 45.7 Å². The van der Waals surface area contributed by atoms with Crippen LogP contribution in [0.25, 0.3) is 5.69 Å². The fourth-order valence-electron chi connectivity index (χ4n) is 6.07. The number of hydrogen-bond donors (Lipinski definition) is 1. The van der Waals surface area contributed by atoms with Crippen LogP contribution >= 0.6 is 11.6 Å². The highest BCUT2D eigenvalue weighted by Crippen LogP contribution is 2.62. The number of carbonyl (C=O) groups is 1. The average Bonchev–Trinajstić information content (AvgIpc) is 3.31. The fraction of sp³-hybridized carbons (Fsp3) is 0.600. The smallest absolute Gasteiger partial charge is 0.272 e. The van der Waals surface area contributed by atoms with Crippen molar-refractivity contribution in [3.8, 4) is 5.69 Å². The molecule has 2 aliphatic rings. The number of nitrogens with zero attached hydrogens (tertiary/aromatic N) is 2. The van der Waals surface area contributed by atoms with E-state index in [2.05, 4.69) is 39.9 Å². The molecule has 4 nitrogen and oxygen atoms in total. The second kappa shape index (κ2) is 7.71. The molecule has 3 atom stereocenters. The Bertz CT molecular complexity index is 941. The zero-order chi connectivity index (χ0) is 21.7. The van der Waals surface area contributed by atoms with Gasteiger partial charge in [0.1, 0.15) is 0 Å². The Balaban J connectivity index is 1.68. The molecule has 1 amide bonds. The first-order valence-electron chi connectivity index (χ1n) is 11.3. The van der Waals surface area contributed by atoms with Gasteiger partial charge < -0.3 is 5.32 Å². The Morgan fingerprint density at radius 1 is 1.27 bits per heavy atom. The van der Waals surface area contributed by atoms with Crippen LogP contribution in [0.5, 0.6) is 0 Å². The molecular weight excluding hydrogens is 394 g/mol. The summed E-state index contributed by atoms with van der Waals surface area (Å²) in [6, 6.07) is 7.82. The summed E-state index contributed by atoms with van der Waals surface area (Å²) in [5.41, 5.74) is 3.94. The van der Waals surface area contributed by atoms with Crippen molar-refractivity contribution < 1.29 is 4.79 Å². The van der Waals surface area contributed by atoms with E-state index >= 15 is 0 Å². The molecule has 2 aliphatic carbocycles. The van der Waals surface area contributed by atoms with Crippen molar-refractivity contribution in [2.75, 3.05) is 0 Å². The predicted molar refractivity (Wildman–Crippen MR) is 122 cm³/mol. The van der Waals surface area contributed by atoms with Crippen LogP contribution in [0.1, 0.15) is 81.5 Å². The van der Waals surface area contributed by atoms with Gasteiger partial charge in [0, 0.05) is 22.3 Å². The standard InChI is InChI=1S/C25H34ClN3O/c1-6-7-8-20-16(2)29(19-11-9-18(26)10-12-19)28-21(20)22(30)27-23-24(3,4)17-13-14-25(23,5)15-17/h9-12,17,23H,6-8,13-15H2,1-5H3,(H,27,30). The summed E-state index contributed by atoms with van der Waals surface area (Å²) in [7, 11) is 0. The fourth-order valence-corrected chi connectivity index (χ4v) is 6.19. The summed E-state index contributed by atoms with van der Waals surface area (Å²) in [5, 5.41) is 8.93. The highest BCUT2D eigenvalue weighted by molar-refractivity contribution is 6.30. The molecule has 4 rings (SSSR count). The number of carbonyl (C=O) groups excluding carboxylic acids is 1. The van der Waals surface area contributed by atoms with Gasteiger partial charge in [-0.25, -0.2) is 4.68 Å². The van der Waals surface area contributed by atoms with Gasteiger partial charge in [-0.15, -0.1) is 0 Å². The minimum absolute atomic E-state index is 0.0243. The molecule has 1 N–H and O–H groups in total. The van der Waals surface area contributed by atoms with E-state index in [0.29, 0.717) is 16.6 Å². The molecule has 1 heterocycles. The van der Waals surface area contributed by atoms with E-state index in [-0.39, 0.29) is 22.8 Å². The van der Waals surface area contributed by atoms with Crippen molar-refractivity contribution in [2.45, 2.75) is 79.2 Å². The van der Waals surface area contributed by atoms with Crippen LogP contribution in [-0.4, -0.2) is 21.7 Å². The maximum atomic E-state index is 13.5. The third kappa shape index (κ3) is 3.47. The topological polar surface area (TPSA) is 46.9 Å². The highest BCUT2D eigenvalue weighted by Gasteiger charge is 2.59. The first-order valence-corrected chi connectivity index (χ1v) is 11.7. The molecule has 0 saturated heterocycles. The van der Waals surface area contributed by atoms with Gasteiger partial charge in [-0.2, -0.15) is 5.10 Å². The number of rotatable bonds is 6. The Morgan fingerprint density at radius 3 is 2.57 bits per heavy atom. The summed E-state index contributed by atoms with van der Waals surface area (Å²) < 4.78 is 1.89. The number of amides is 1. The van der Waals surface area contributed by atoms with Crippen LogP contribution in [-0.2, 0) is 6.42 Å². The highest BCUT2D eigenvalue weighted by atomic mass is 35.5. The van der Waals surface area contributed by atoms with E-state index in [0.717, 1.165) is 36.2 Å². The third-order valence-electron chi connectivity index (χ3n) is 7.85. The van der Waals surface area contributed by atoms with Gasteiger partial charge in [0.2, 0.25) is 0 Å².